The average Bonchev–Trinajstić information content (AvgIpc) is 2.98. The van der Waals surface area contributed by atoms with Crippen molar-refractivity contribution in [3.63, 3.8) is 0 Å². The first-order chi connectivity index (χ1) is 7.38. The molecule has 1 aliphatic carbocycles. The van der Waals surface area contributed by atoms with Gasteiger partial charge in [-0.05, 0) is 18.9 Å². The van der Waals surface area contributed by atoms with Crippen molar-refractivity contribution in [1.29, 1.82) is 0 Å². The minimum absolute atomic E-state index is 0.0535. The van der Waals surface area contributed by atoms with Gasteiger partial charge in [0.15, 0.2) is 5.69 Å². The van der Waals surface area contributed by atoms with E-state index in [0.717, 1.165) is 18.9 Å². The van der Waals surface area contributed by atoms with Crippen molar-refractivity contribution in [2.75, 3.05) is 0 Å². The molecule has 2 rings (SSSR count). The smallest absolute Gasteiger partial charge is 0.451 e. The van der Waals surface area contributed by atoms with Crippen LogP contribution < -0.4 is 0 Å². The third-order valence-corrected chi connectivity index (χ3v) is 2.21. The molecule has 1 N–H and O–H groups in total. The highest BCUT2D eigenvalue weighted by molar-refractivity contribution is 5.85. The number of rotatable bonds is 2. The molecule has 1 fully saturated rings. The Hall–Kier alpha value is -1.66. The summed E-state index contributed by atoms with van der Waals surface area (Å²) in [4.78, 5) is 16.9. The molecule has 1 aliphatic rings. The maximum Gasteiger partial charge on any atom is 0.451 e. The molecule has 0 unspecified atom stereocenters. The summed E-state index contributed by atoms with van der Waals surface area (Å²) in [5, 5.41) is 8.64. The molecule has 1 aromatic heterocycles. The van der Waals surface area contributed by atoms with Crippen LogP contribution in [-0.2, 0) is 6.18 Å². The van der Waals surface area contributed by atoms with E-state index in [1.54, 1.807) is 0 Å². The molecular formula is C9H7F3N2O2. The van der Waals surface area contributed by atoms with Gasteiger partial charge in [-0.3, -0.25) is 0 Å². The topological polar surface area (TPSA) is 63.1 Å². The molecule has 4 nitrogen and oxygen atoms in total. The largest absolute Gasteiger partial charge is 0.477 e. The molecule has 0 saturated heterocycles. The fourth-order valence-corrected chi connectivity index (χ4v) is 1.29. The van der Waals surface area contributed by atoms with Crippen molar-refractivity contribution >= 4 is 5.97 Å². The van der Waals surface area contributed by atoms with Crippen LogP contribution in [0.1, 0.15) is 40.8 Å². The van der Waals surface area contributed by atoms with Gasteiger partial charge in [0.05, 0.1) is 0 Å². The molecule has 0 aromatic carbocycles. The number of carboxylic acid groups (broad SMARTS) is 1. The molecular weight excluding hydrogens is 225 g/mol. The average molecular weight is 232 g/mol. The van der Waals surface area contributed by atoms with Gasteiger partial charge in [0.2, 0.25) is 5.82 Å². The second-order valence-corrected chi connectivity index (χ2v) is 3.58. The third-order valence-electron chi connectivity index (χ3n) is 2.21. The second kappa shape index (κ2) is 3.43. The van der Waals surface area contributed by atoms with Crippen molar-refractivity contribution in [3.05, 3.63) is 23.3 Å². The van der Waals surface area contributed by atoms with Crippen molar-refractivity contribution in [1.82, 2.24) is 9.97 Å². The highest BCUT2D eigenvalue weighted by atomic mass is 19.4. The van der Waals surface area contributed by atoms with Crippen LogP contribution in [0.15, 0.2) is 6.07 Å². The Kier molecular flexibility index (Phi) is 2.32. The quantitative estimate of drug-likeness (QED) is 0.847. The zero-order chi connectivity index (χ0) is 11.9. The number of carboxylic acids is 1. The summed E-state index contributed by atoms with van der Waals surface area (Å²) in [6.07, 6.45) is -3.23. The summed E-state index contributed by atoms with van der Waals surface area (Å²) >= 11 is 0. The van der Waals surface area contributed by atoms with E-state index in [1.807, 2.05) is 0 Å². The predicted molar refractivity (Wildman–Crippen MR) is 46.0 cm³/mol. The summed E-state index contributed by atoms with van der Waals surface area (Å²) in [7, 11) is 0. The van der Waals surface area contributed by atoms with E-state index in [0.29, 0.717) is 0 Å². The Morgan fingerprint density at radius 2 is 2.00 bits per heavy atom. The summed E-state index contributed by atoms with van der Waals surface area (Å²) in [6, 6.07) is 1.11. The Balaban J connectivity index is 2.48. The maximum absolute atomic E-state index is 12.4. The first-order valence-electron chi connectivity index (χ1n) is 4.57. The Bertz CT molecular complexity index is 441. The molecule has 0 radical (unpaired) electrons. The Labute approximate surface area is 88.1 Å². The van der Waals surface area contributed by atoms with E-state index in [2.05, 4.69) is 9.97 Å². The molecule has 0 spiro atoms. The zero-order valence-corrected chi connectivity index (χ0v) is 7.95. The first-order valence-corrected chi connectivity index (χ1v) is 4.57. The lowest BCUT2D eigenvalue weighted by Crippen LogP contribution is -2.16. The van der Waals surface area contributed by atoms with Crippen LogP contribution in [0.5, 0.6) is 0 Å². The normalized spacial score (nSPS) is 16.2. The van der Waals surface area contributed by atoms with Crippen LogP contribution in [0.4, 0.5) is 13.2 Å². The van der Waals surface area contributed by atoms with Crippen LogP contribution >= 0.6 is 0 Å². The van der Waals surface area contributed by atoms with Crippen LogP contribution in [0, 0.1) is 0 Å². The van der Waals surface area contributed by atoms with Crippen molar-refractivity contribution in [2.24, 2.45) is 0 Å². The van der Waals surface area contributed by atoms with Gasteiger partial charge in [0, 0.05) is 11.6 Å². The summed E-state index contributed by atoms with van der Waals surface area (Å²) in [5.74, 6) is -2.91. The molecule has 0 atom stereocenters. The Morgan fingerprint density at radius 3 is 2.44 bits per heavy atom. The van der Waals surface area contributed by atoms with E-state index in [4.69, 9.17) is 5.11 Å². The van der Waals surface area contributed by atoms with E-state index in [-0.39, 0.29) is 11.6 Å². The molecule has 0 amide bonds. The minimum atomic E-state index is -4.71. The minimum Gasteiger partial charge on any atom is -0.477 e. The van der Waals surface area contributed by atoms with E-state index in [9.17, 15) is 18.0 Å². The maximum atomic E-state index is 12.4. The number of aromatic carboxylic acids is 1. The summed E-state index contributed by atoms with van der Waals surface area (Å²) in [6.45, 7) is 0. The number of nitrogens with zero attached hydrogens (tertiary/aromatic N) is 2. The lowest BCUT2D eigenvalue weighted by molar-refractivity contribution is -0.145. The summed E-state index contributed by atoms with van der Waals surface area (Å²) in [5.41, 5.74) is -0.441. The number of aromatic nitrogens is 2. The number of alkyl halides is 3. The van der Waals surface area contributed by atoms with Crippen molar-refractivity contribution < 1.29 is 23.1 Å². The standard InChI is InChI=1S/C9H7F3N2O2/c10-9(11,12)8-13-5(4-1-2-4)3-6(14-8)7(15)16/h3-4H,1-2H2,(H,15,16). The monoisotopic (exact) mass is 232 g/mol. The van der Waals surface area contributed by atoms with Gasteiger partial charge >= 0.3 is 12.1 Å². The van der Waals surface area contributed by atoms with Gasteiger partial charge in [-0.15, -0.1) is 0 Å². The van der Waals surface area contributed by atoms with Crippen LogP contribution in [0.25, 0.3) is 0 Å². The second-order valence-electron chi connectivity index (χ2n) is 3.58. The van der Waals surface area contributed by atoms with Crippen LogP contribution in [0.2, 0.25) is 0 Å². The van der Waals surface area contributed by atoms with Gasteiger partial charge in [-0.2, -0.15) is 13.2 Å². The van der Waals surface area contributed by atoms with Crippen LogP contribution in [0.3, 0.4) is 0 Å². The SMILES string of the molecule is O=C(O)c1cc(C2CC2)nc(C(F)(F)F)n1. The number of carbonyl (C=O) groups is 1. The number of halogens is 3. The van der Waals surface area contributed by atoms with E-state index in [1.165, 1.54) is 0 Å². The van der Waals surface area contributed by atoms with E-state index >= 15 is 0 Å². The molecule has 0 bridgehead atoms. The fourth-order valence-electron chi connectivity index (χ4n) is 1.29. The first kappa shape index (κ1) is 10.8. The van der Waals surface area contributed by atoms with Gasteiger partial charge in [-0.1, -0.05) is 0 Å². The van der Waals surface area contributed by atoms with Gasteiger partial charge in [-0.25, -0.2) is 14.8 Å². The third kappa shape index (κ3) is 2.12. The number of hydrogen-bond acceptors (Lipinski definition) is 3. The van der Waals surface area contributed by atoms with Gasteiger partial charge in [0.25, 0.3) is 0 Å². The molecule has 1 saturated carbocycles. The predicted octanol–water partition coefficient (Wildman–Crippen LogP) is 2.07. The van der Waals surface area contributed by atoms with Crippen molar-refractivity contribution in [3.8, 4) is 0 Å². The Morgan fingerprint density at radius 1 is 1.38 bits per heavy atom. The molecule has 16 heavy (non-hydrogen) atoms. The van der Waals surface area contributed by atoms with Gasteiger partial charge < -0.3 is 5.11 Å². The molecule has 0 aliphatic heterocycles. The fraction of sp³-hybridized carbons (Fsp3) is 0.444. The number of hydrogen-bond donors (Lipinski definition) is 1. The highest BCUT2D eigenvalue weighted by Crippen LogP contribution is 2.40. The lowest BCUT2D eigenvalue weighted by Gasteiger charge is -2.07. The summed E-state index contributed by atoms with van der Waals surface area (Å²) < 4.78 is 37.1. The zero-order valence-electron chi connectivity index (χ0n) is 7.95. The molecule has 86 valence electrons. The molecule has 1 heterocycles. The highest BCUT2D eigenvalue weighted by Gasteiger charge is 2.37. The molecule has 1 aromatic rings. The lowest BCUT2D eigenvalue weighted by atomic mass is 10.2. The molecule has 7 heteroatoms. The van der Waals surface area contributed by atoms with Gasteiger partial charge in [0.1, 0.15) is 0 Å². The van der Waals surface area contributed by atoms with Crippen LogP contribution in [-0.4, -0.2) is 21.0 Å². The van der Waals surface area contributed by atoms with Crippen molar-refractivity contribution in [2.45, 2.75) is 24.9 Å². The van der Waals surface area contributed by atoms with E-state index < -0.39 is 23.7 Å².